The summed E-state index contributed by atoms with van der Waals surface area (Å²) in [7, 11) is 1.90. The number of aryl methyl sites for hydroxylation is 1. The van der Waals surface area contributed by atoms with Crippen molar-refractivity contribution in [1.29, 1.82) is 0 Å². The Kier molecular flexibility index (Phi) is 6.04. The number of likely N-dealkylation sites (tertiary alicyclic amines) is 1. The quantitative estimate of drug-likeness (QED) is 0.538. The molecule has 32 heavy (non-hydrogen) atoms. The van der Waals surface area contributed by atoms with Gasteiger partial charge in [0.25, 0.3) is 0 Å². The van der Waals surface area contributed by atoms with Crippen LogP contribution in [-0.4, -0.2) is 35.8 Å². The van der Waals surface area contributed by atoms with Crippen LogP contribution in [0.5, 0.6) is 0 Å². The van der Waals surface area contributed by atoms with Gasteiger partial charge in [-0.3, -0.25) is 14.7 Å². The third-order valence-corrected chi connectivity index (χ3v) is 7.02. The Hall–Kier alpha value is -2.98. The van der Waals surface area contributed by atoms with Crippen LogP contribution in [0.15, 0.2) is 66.2 Å². The molecule has 0 amide bonds. The van der Waals surface area contributed by atoms with Crippen LogP contribution < -0.4 is 5.32 Å². The van der Waals surface area contributed by atoms with Gasteiger partial charge in [-0.05, 0) is 68.3 Å². The van der Waals surface area contributed by atoms with E-state index >= 15 is 0 Å². The first-order valence-corrected chi connectivity index (χ1v) is 11.8. The van der Waals surface area contributed by atoms with E-state index in [4.69, 9.17) is 4.98 Å². The molecule has 1 aromatic heterocycles. The molecule has 5 rings (SSSR count). The molecular weight excluding hydrogens is 394 g/mol. The molecule has 1 saturated heterocycles. The van der Waals surface area contributed by atoms with Crippen LogP contribution in [0.4, 0.5) is 5.69 Å². The molecule has 1 aliphatic carbocycles. The zero-order chi connectivity index (χ0) is 21.9. The Morgan fingerprint density at radius 1 is 1.03 bits per heavy atom. The topological polar surface area (TPSA) is 45.2 Å². The van der Waals surface area contributed by atoms with E-state index in [0.717, 1.165) is 72.3 Å². The molecule has 2 aliphatic rings. The van der Waals surface area contributed by atoms with Crippen molar-refractivity contribution in [3.63, 3.8) is 0 Å². The van der Waals surface area contributed by atoms with E-state index in [-0.39, 0.29) is 5.78 Å². The fourth-order valence-corrected chi connectivity index (χ4v) is 5.20. The summed E-state index contributed by atoms with van der Waals surface area (Å²) < 4.78 is 0. The van der Waals surface area contributed by atoms with Crippen molar-refractivity contribution in [2.24, 2.45) is 5.92 Å². The molecule has 2 aromatic carbocycles. The van der Waals surface area contributed by atoms with E-state index in [1.165, 1.54) is 18.4 Å². The number of hydrogen-bond donors (Lipinski definition) is 1. The van der Waals surface area contributed by atoms with Crippen molar-refractivity contribution >= 4 is 22.4 Å². The van der Waals surface area contributed by atoms with Gasteiger partial charge in [0.1, 0.15) is 0 Å². The number of rotatable bonds is 5. The van der Waals surface area contributed by atoms with Gasteiger partial charge in [-0.2, -0.15) is 0 Å². The number of hydrogen-bond acceptors (Lipinski definition) is 4. The molecule has 3 aromatic rings. The molecule has 1 N–H and O–H groups in total. The molecule has 0 radical (unpaired) electrons. The minimum absolute atomic E-state index is 0.162. The number of ketones is 1. The van der Waals surface area contributed by atoms with Gasteiger partial charge in [0.15, 0.2) is 5.78 Å². The fraction of sp³-hybridized carbons (Fsp3) is 0.357. The van der Waals surface area contributed by atoms with Crippen molar-refractivity contribution in [3.8, 4) is 0 Å². The van der Waals surface area contributed by atoms with Gasteiger partial charge in [0, 0.05) is 19.0 Å². The third-order valence-electron chi connectivity index (χ3n) is 7.02. The zero-order valence-corrected chi connectivity index (χ0v) is 18.8. The summed E-state index contributed by atoms with van der Waals surface area (Å²) in [6, 6.07) is 18.8. The highest BCUT2D eigenvalue weighted by Gasteiger charge is 2.28. The highest BCUT2D eigenvalue weighted by molar-refractivity contribution is 6.17. The predicted molar refractivity (Wildman–Crippen MR) is 131 cm³/mol. The van der Waals surface area contributed by atoms with Gasteiger partial charge < -0.3 is 5.32 Å². The molecule has 4 heteroatoms. The van der Waals surface area contributed by atoms with Crippen LogP contribution in [0.1, 0.15) is 47.3 Å². The third kappa shape index (κ3) is 4.20. The van der Waals surface area contributed by atoms with E-state index in [1.54, 1.807) is 0 Å². The number of carbonyl (C=O) groups is 1. The molecule has 164 valence electrons. The number of nitrogens with zero attached hydrogens (tertiary/aromatic N) is 2. The Balaban J connectivity index is 1.26. The van der Waals surface area contributed by atoms with E-state index in [9.17, 15) is 4.79 Å². The highest BCUT2D eigenvalue weighted by atomic mass is 16.1. The van der Waals surface area contributed by atoms with Gasteiger partial charge in [-0.25, -0.2) is 0 Å². The lowest BCUT2D eigenvalue weighted by Crippen LogP contribution is -2.33. The lowest BCUT2D eigenvalue weighted by molar-refractivity contribution is 0.102. The molecule has 0 atom stereocenters. The monoisotopic (exact) mass is 425 g/mol. The molecule has 0 spiro atoms. The molecule has 0 saturated carbocycles. The Morgan fingerprint density at radius 2 is 1.78 bits per heavy atom. The van der Waals surface area contributed by atoms with Gasteiger partial charge >= 0.3 is 0 Å². The number of pyridine rings is 1. The Bertz CT molecular complexity index is 1140. The minimum Gasteiger partial charge on any atom is -0.387 e. The number of fused-ring (bicyclic) bond motifs is 2. The molecule has 1 fully saturated rings. The second-order valence-electron chi connectivity index (χ2n) is 9.07. The van der Waals surface area contributed by atoms with E-state index in [1.807, 2.05) is 31.3 Å². The summed E-state index contributed by atoms with van der Waals surface area (Å²) in [4.78, 5) is 20.8. The second-order valence-corrected chi connectivity index (χ2v) is 9.07. The number of para-hydroxylation sites is 1. The summed E-state index contributed by atoms with van der Waals surface area (Å²) in [6.07, 6.45) is 7.28. The summed E-state index contributed by atoms with van der Waals surface area (Å²) in [6.45, 7) is 3.32. The van der Waals surface area contributed by atoms with Crippen molar-refractivity contribution < 1.29 is 4.79 Å². The number of nitrogens with one attached hydrogen (secondary N) is 1. The lowest BCUT2D eigenvalue weighted by Gasteiger charge is -2.31. The number of anilines is 1. The van der Waals surface area contributed by atoms with Crippen LogP contribution in [0.3, 0.4) is 0 Å². The first-order chi connectivity index (χ1) is 15.7. The maximum atomic E-state index is 13.4. The van der Waals surface area contributed by atoms with Gasteiger partial charge in [-0.1, -0.05) is 54.6 Å². The number of piperidine rings is 1. The molecule has 2 heterocycles. The Labute approximate surface area is 190 Å². The molecule has 0 bridgehead atoms. The lowest BCUT2D eigenvalue weighted by atomic mass is 9.85. The average molecular weight is 426 g/mol. The maximum absolute atomic E-state index is 13.4. The summed E-state index contributed by atoms with van der Waals surface area (Å²) in [5.41, 5.74) is 5.96. The van der Waals surface area contributed by atoms with Crippen LogP contribution >= 0.6 is 0 Å². The predicted octanol–water partition coefficient (Wildman–Crippen LogP) is 5.63. The SMILES string of the molecule is CNc1c2c(nc3ccccc13)CC/C(=C/CC1CCN(Cc3ccccc3)CC1)C2=O. The highest BCUT2D eigenvalue weighted by Crippen LogP contribution is 2.35. The summed E-state index contributed by atoms with van der Waals surface area (Å²) in [5, 5.41) is 4.31. The van der Waals surface area contributed by atoms with Crippen molar-refractivity contribution in [2.75, 3.05) is 25.5 Å². The second kappa shape index (κ2) is 9.25. The van der Waals surface area contributed by atoms with E-state index in [0.29, 0.717) is 5.92 Å². The van der Waals surface area contributed by atoms with Crippen molar-refractivity contribution in [2.45, 2.75) is 38.6 Å². The first kappa shape index (κ1) is 20.9. The van der Waals surface area contributed by atoms with Crippen molar-refractivity contribution in [1.82, 2.24) is 9.88 Å². The van der Waals surface area contributed by atoms with Crippen LogP contribution in [0.25, 0.3) is 10.9 Å². The fourth-order valence-electron chi connectivity index (χ4n) is 5.20. The number of Topliss-reactive ketones (excluding diaryl/α,β-unsaturated/α-hetero) is 1. The molecular formula is C28H31N3O. The molecule has 0 unspecified atom stereocenters. The normalized spacial score (nSPS) is 18.8. The van der Waals surface area contributed by atoms with Crippen LogP contribution in [0, 0.1) is 5.92 Å². The van der Waals surface area contributed by atoms with Gasteiger partial charge in [-0.15, -0.1) is 0 Å². The van der Waals surface area contributed by atoms with E-state index < -0.39 is 0 Å². The smallest absolute Gasteiger partial charge is 0.192 e. The summed E-state index contributed by atoms with van der Waals surface area (Å²) in [5.74, 6) is 0.831. The van der Waals surface area contributed by atoms with Crippen LogP contribution in [0.2, 0.25) is 0 Å². The van der Waals surface area contributed by atoms with E-state index in [2.05, 4.69) is 46.6 Å². The number of carbonyl (C=O) groups excluding carboxylic acids is 1. The average Bonchev–Trinajstić information content (AvgIpc) is 2.84. The number of aromatic nitrogens is 1. The molecule has 4 nitrogen and oxygen atoms in total. The minimum atomic E-state index is 0.162. The molecule has 1 aliphatic heterocycles. The zero-order valence-electron chi connectivity index (χ0n) is 18.8. The largest absolute Gasteiger partial charge is 0.387 e. The standard InChI is InChI=1S/C28H31N3O/c1-29-27-23-9-5-6-10-24(23)30-25-14-13-22(28(32)26(25)27)12-11-20-15-17-31(18-16-20)19-21-7-3-2-4-8-21/h2-10,12,20H,11,13-19H2,1H3,(H,29,30)/b22-12-. The maximum Gasteiger partial charge on any atom is 0.192 e. The number of allylic oxidation sites excluding steroid dienone is 2. The first-order valence-electron chi connectivity index (χ1n) is 11.8. The summed E-state index contributed by atoms with van der Waals surface area (Å²) >= 11 is 0. The van der Waals surface area contributed by atoms with Crippen molar-refractivity contribution in [3.05, 3.63) is 83.1 Å². The Morgan fingerprint density at radius 3 is 2.56 bits per heavy atom. The van der Waals surface area contributed by atoms with Crippen LogP contribution in [-0.2, 0) is 13.0 Å². The van der Waals surface area contributed by atoms with Gasteiger partial charge in [0.2, 0.25) is 0 Å². The number of benzene rings is 2. The van der Waals surface area contributed by atoms with Gasteiger partial charge in [0.05, 0.1) is 22.5 Å².